The zero-order chi connectivity index (χ0) is 11.5. The lowest BCUT2D eigenvalue weighted by Crippen LogP contribution is -2.22. The summed E-state index contributed by atoms with van der Waals surface area (Å²) in [5, 5.41) is 8.34. The Labute approximate surface area is 94.5 Å². The molecule has 6 heteroatoms. The van der Waals surface area contributed by atoms with Crippen LogP contribution in [0.1, 0.15) is 5.56 Å². The van der Waals surface area contributed by atoms with E-state index in [1.165, 1.54) is 0 Å². The van der Waals surface area contributed by atoms with E-state index in [9.17, 15) is 8.42 Å². The van der Waals surface area contributed by atoms with Crippen LogP contribution in [0, 0.1) is 6.92 Å². The molecule has 0 aliphatic rings. The predicted molar refractivity (Wildman–Crippen MR) is 62.7 cm³/mol. The third kappa shape index (κ3) is 4.51. The highest BCUT2D eigenvalue weighted by Crippen LogP contribution is 2.22. The Morgan fingerprint density at radius 3 is 2.67 bits per heavy atom. The number of hydrogen-bond donors (Lipinski definition) is 2. The molecule has 0 aromatic heterocycles. The van der Waals surface area contributed by atoms with Crippen molar-refractivity contribution >= 4 is 27.3 Å². The molecule has 0 aliphatic carbocycles. The summed E-state index contributed by atoms with van der Waals surface area (Å²) >= 11 is 5.94. The molecule has 3 N–H and O–H groups in total. The second-order valence-corrected chi connectivity index (χ2v) is 5.42. The van der Waals surface area contributed by atoms with E-state index in [0.29, 0.717) is 10.7 Å². The topological polar surface area (TPSA) is 72.2 Å². The molecule has 0 atom stereocenters. The van der Waals surface area contributed by atoms with E-state index in [2.05, 4.69) is 5.32 Å². The fourth-order valence-electron chi connectivity index (χ4n) is 1.09. The Hall–Kier alpha value is -0.780. The molecule has 0 amide bonds. The van der Waals surface area contributed by atoms with Gasteiger partial charge in [0.25, 0.3) is 0 Å². The van der Waals surface area contributed by atoms with Gasteiger partial charge in [0.1, 0.15) is 0 Å². The molecule has 0 fully saturated rings. The van der Waals surface area contributed by atoms with E-state index < -0.39 is 10.0 Å². The molecule has 4 nitrogen and oxygen atoms in total. The summed E-state index contributed by atoms with van der Waals surface area (Å²) in [5.41, 5.74) is 1.77. The summed E-state index contributed by atoms with van der Waals surface area (Å²) in [5.74, 6) is -0.114. The van der Waals surface area contributed by atoms with Gasteiger partial charge in [-0.05, 0) is 24.6 Å². The van der Waals surface area contributed by atoms with Crippen LogP contribution in [0.15, 0.2) is 18.2 Å². The average Bonchev–Trinajstić information content (AvgIpc) is 2.07. The smallest absolute Gasteiger partial charge is 0.210 e. The number of anilines is 1. The number of nitrogens with two attached hydrogens (primary N) is 1. The van der Waals surface area contributed by atoms with Gasteiger partial charge in [-0.3, -0.25) is 0 Å². The number of sulfonamides is 1. The van der Waals surface area contributed by atoms with Gasteiger partial charge in [0.15, 0.2) is 0 Å². The lowest BCUT2D eigenvalue weighted by atomic mass is 10.2. The summed E-state index contributed by atoms with van der Waals surface area (Å²) in [7, 11) is -3.42. The number of nitrogens with one attached hydrogen (secondary N) is 1. The van der Waals surface area contributed by atoms with Crippen LogP contribution in [-0.4, -0.2) is 20.7 Å². The van der Waals surface area contributed by atoms with E-state index >= 15 is 0 Å². The lowest BCUT2D eigenvalue weighted by molar-refractivity contribution is 0.598. The van der Waals surface area contributed by atoms with Crippen LogP contribution in [0.3, 0.4) is 0 Å². The van der Waals surface area contributed by atoms with Gasteiger partial charge in [0.05, 0.1) is 16.5 Å². The largest absolute Gasteiger partial charge is 0.383 e. The quantitative estimate of drug-likeness (QED) is 0.845. The standard InChI is InChI=1S/C9H13ClN2O2S/c1-7-2-3-9(8(10)6-7)12-4-5-15(11,13)14/h2-3,6,12H,4-5H2,1H3,(H2,11,13,14). The Kier molecular flexibility index (Phi) is 3.96. The molecule has 84 valence electrons. The van der Waals surface area contributed by atoms with Crippen molar-refractivity contribution in [2.75, 3.05) is 17.6 Å². The van der Waals surface area contributed by atoms with E-state index in [1.54, 1.807) is 12.1 Å². The highest BCUT2D eigenvalue weighted by Gasteiger charge is 2.03. The summed E-state index contributed by atoms with van der Waals surface area (Å²) in [4.78, 5) is 0. The number of halogens is 1. The number of rotatable bonds is 4. The molecule has 0 heterocycles. The van der Waals surface area contributed by atoms with Crippen LogP contribution in [0.25, 0.3) is 0 Å². The second-order valence-electron chi connectivity index (χ2n) is 3.28. The number of hydrogen-bond acceptors (Lipinski definition) is 3. The molecule has 0 saturated carbocycles. The van der Waals surface area contributed by atoms with Crippen molar-refractivity contribution in [3.63, 3.8) is 0 Å². The Morgan fingerprint density at radius 1 is 1.47 bits per heavy atom. The minimum absolute atomic E-state index is 0.114. The zero-order valence-corrected chi connectivity index (χ0v) is 9.90. The van der Waals surface area contributed by atoms with Gasteiger partial charge in [-0.2, -0.15) is 0 Å². The first kappa shape index (κ1) is 12.3. The maximum Gasteiger partial charge on any atom is 0.210 e. The summed E-state index contributed by atoms with van der Waals surface area (Å²) < 4.78 is 21.3. The Balaban J connectivity index is 2.59. The molecule has 15 heavy (non-hydrogen) atoms. The second kappa shape index (κ2) is 4.83. The molecule has 0 saturated heterocycles. The van der Waals surface area contributed by atoms with Crippen LogP contribution in [-0.2, 0) is 10.0 Å². The van der Waals surface area contributed by atoms with Crippen LogP contribution < -0.4 is 10.5 Å². The van der Waals surface area contributed by atoms with Crippen molar-refractivity contribution in [2.24, 2.45) is 5.14 Å². The minimum atomic E-state index is -3.42. The van der Waals surface area contributed by atoms with Crippen LogP contribution >= 0.6 is 11.6 Å². The molecule has 0 radical (unpaired) electrons. The van der Waals surface area contributed by atoms with Crippen molar-refractivity contribution in [3.05, 3.63) is 28.8 Å². The predicted octanol–water partition coefficient (Wildman–Crippen LogP) is 1.35. The summed E-state index contributed by atoms with van der Waals surface area (Å²) in [6.07, 6.45) is 0. The third-order valence-electron chi connectivity index (χ3n) is 1.83. The van der Waals surface area contributed by atoms with Gasteiger partial charge >= 0.3 is 0 Å². The Morgan fingerprint density at radius 2 is 2.13 bits per heavy atom. The van der Waals surface area contributed by atoms with Crippen molar-refractivity contribution in [2.45, 2.75) is 6.92 Å². The van der Waals surface area contributed by atoms with Gasteiger partial charge in [0.2, 0.25) is 10.0 Å². The molecule has 0 unspecified atom stereocenters. The first-order valence-electron chi connectivity index (χ1n) is 4.39. The SMILES string of the molecule is Cc1ccc(NCCS(N)(=O)=O)c(Cl)c1. The van der Waals surface area contributed by atoms with E-state index in [-0.39, 0.29) is 12.3 Å². The summed E-state index contributed by atoms with van der Waals surface area (Å²) in [6.45, 7) is 2.18. The minimum Gasteiger partial charge on any atom is -0.383 e. The monoisotopic (exact) mass is 248 g/mol. The maximum absolute atomic E-state index is 10.7. The molecule has 1 aromatic rings. The number of benzene rings is 1. The van der Waals surface area contributed by atoms with Crippen LogP contribution in [0.5, 0.6) is 0 Å². The van der Waals surface area contributed by atoms with Gasteiger partial charge in [-0.1, -0.05) is 17.7 Å². The fourth-order valence-corrected chi connectivity index (χ4v) is 1.78. The summed E-state index contributed by atoms with van der Waals surface area (Å²) in [6, 6.07) is 5.51. The van der Waals surface area contributed by atoms with E-state index in [0.717, 1.165) is 5.56 Å². The lowest BCUT2D eigenvalue weighted by Gasteiger charge is -2.07. The van der Waals surface area contributed by atoms with Gasteiger partial charge < -0.3 is 5.32 Å². The molecule has 0 bridgehead atoms. The normalized spacial score (nSPS) is 11.4. The maximum atomic E-state index is 10.7. The molecular formula is C9H13ClN2O2S. The van der Waals surface area contributed by atoms with Crippen LogP contribution in [0.4, 0.5) is 5.69 Å². The Bertz CT molecular complexity index is 445. The fraction of sp³-hybridized carbons (Fsp3) is 0.333. The van der Waals surface area contributed by atoms with Crippen molar-refractivity contribution < 1.29 is 8.42 Å². The van der Waals surface area contributed by atoms with Gasteiger partial charge in [-0.25, -0.2) is 13.6 Å². The van der Waals surface area contributed by atoms with Crippen LogP contribution in [0.2, 0.25) is 5.02 Å². The molecule has 1 aromatic carbocycles. The zero-order valence-electron chi connectivity index (χ0n) is 8.33. The first-order chi connectivity index (χ1) is 6.88. The highest BCUT2D eigenvalue weighted by molar-refractivity contribution is 7.89. The molecular weight excluding hydrogens is 236 g/mol. The van der Waals surface area contributed by atoms with E-state index in [1.807, 2.05) is 13.0 Å². The molecule has 0 spiro atoms. The van der Waals surface area contributed by atoms with Gasteiger partial charge in [0, 0.05) is 6.54 Å². The molecule has 0 aliphatic heterocycles. The van der Waals surface area contributed by atoms with E-state index in [4.69, 9.17) is 16.7 Å². The molecule has 1 rings (SSSR count). The average molecular weight is 249 g/mol. The number of aryl methyl sites for hydroxylation is 1. The highest BCUT2D eigenvalue weighted by atomic mass is 35.5. The van der Waals surface area contributed by atoms with Gasteiger partial charge in [-0.15, -0.1) is 0 Å². The first-order valence-corrected chi connectivity index (χ1v) is 6.48. The van der Waals surface area contributed by atoms with Crippen molar-refractivity contribution in [3.8, 4) is 0 Å². The number of primary sulfonamides is 1. The van der Waals surface area contributed by atoms with Crippen molar-refractivity contribution in [1.82, 2.24) is 0 Å². The third-order valence-corrected chi connectivity index (χ3v) is 2.91. The van der Waals surface area contributed by atoms with Crippen molar-refractivity contribution in [1.29, 1.82) is 0 Å².